The van der Waals surface area contributed by atoms with Crippen molar-refractivity contribution in [3.63, 3.8) is 0 Å². The molecule has 3 aromatic rings. The van der Waals surface area contributed by atoms with Gasteiger partial charge in [0, 0.05) is 6.54 Å². The maximum atomic E-state index is 13.1. The molecule has 1 amide bonds. The van der Waals surface area contributed by atoms with Crippen LogP contribution in [0.3, 0.4) is 0 Å². The number of amides is 1. The van der Waals surface area contributed by atoms with Crippen molar-refractivity contribution in [3.8, 4) is 11.8 Å². The van der Waals surface area contributed by atoms with Gasteiger partial charge in [-0.15, -0.1) is 0 Å². The summed E-state index contributed by atoms with van der Waals surface area (Å²) < 4.78 is 10.8. The van der Waals surface area contributed by atoms with E-state index in [4.69, 9.17) is 14.7 Å². The minimum absolute atomic E-state index is 0.0695. The van der Waals surface area contributed by atoms with Gasteiger partial charge in [-0.3, -0.25) is 4.79 Å². The second-order valence-electron chi connectivity index (χ2n) is 7.50. The lowest BCUT2D eigenvalue weighted by molar-refractivity contribution is -0.118. The molecule has 1 aromatic heterocycles. The number of nitrogens with zero attached hydrogens (tertiary/aromatic N) is 2. The first kappa shape index (κ1) is 21.5. The van der Waals surface area contributed by atoms with E-state index in [1.165, 1.54) is 0 Å². The molecule has 2 aromatic carbocycles. The molecule has 32 heavy (non-hydrogen) atoms. The van der Waals surface area contributed by atoms with E-state index in [1.54, 1.807) is 30.5 Å². The molecular weight excluding hydrogens is 404 g/mol. The summed E-state index contributed by atoms with van der Waals surface area (Å²) in [4.78, 5) is 17.4. The summed E-state index contributed by atoms with van der Waals surface area (Å²) in [6.45, 7) is 1.78. The van der Waals surface area contributed by atoms with Crippen LogP contribution in [-0.4, -0.2) is 36.8 Å². The van der Waals surface area contributed by atoms with Gasteiger partial charge in [0.2, 0.25) is 5.91 Å². The van der Waals surface area contributed by atoms with Crippen LogP contribution in [0.15, 0.2) is 72.9 Å². The quantitative estimate of drug-likeness (QED) is 0.543. The predicted molar refractivity (Wildman–Crippen MR) is 120 cm³/mol. The van der Waals surface area contributed by atoms with Gasteiger partial charge >= 0.3 is 0 Å². The zero-order valence-corrected chi connectivity index (χ0v) is 17.5. The van der Waals surface area contributed by atoms with E-state index < -0.39 is 6.04 Å². The fraction of sp³-hybridized carbons (Fsp3) is 0.240. The van der Waals surface area contributed by atoms with Crippen LogP contribution in [0, 0.1) is 11.3 Å². The van der Waals surface area contributed by atoms with E-state index in [0.717, 1.165) is 17.5 Å². The molecule has 4 rings (SSSR count). The number of ether oxygens (including phenoxy) is 2. The normalized spacial score (nSPS) is 14.1. The van der Waals surface area contributed by atoms with Crippen molar-refractivity contribution >= 4 is 11.7 Å². The summed E-state index contributed by atoms with van der Waals surface area (Å²) in [5, 5.41) is 15.2. The van der Waals surface area contributed by atoms with Gasteiger partial charge in [0.25, 0.3) is 0 Å². The molecule has 7 heteroatoms. The Balaban J connectivity index is 1.38. The second-order valence-corrected chi connectivity index (χ2v) is 7.50. The Morgan fingerprint density at radius 2 is 1.91 bits per heavy atom. The first-order valence-electron chi connectivity index (χ1n) is 10.5. The molecule has 2 heterocycles. The molecule has 1 saturated heterocycles. The fourth-order valence-corrected chi connectivity index (χ4v) is 3.31. The Labute approximate surface area is 187 Å². The Hall–Kier alpha value is -3.73. The highest BCUT2D eigenvalue weighted by Gasteiger charge is 2.22. The lowest BCUT2D eigenvalue weighted by atomic mass is 10.1. The molecule has 1 atom stereocenters. The zero-order chi connectivity index (χ0) is 22.2. The standard InChI is InChI=1S/C25H24N4O3/c26-14-19-8-6-18(7-9-19)12-13-27-24(20-4-2-1-3-5-20)25(30)29-23-11-10-21(15-28-23)32-22-16-31-17-22/h1-11,15,22,24,27H,12-13,16-17H2,(H,28,29,30)/t24-/m0/s1. The SMILES string of the molecule is N#Cc1ccc(CCN[C@H](C(=O)Nc2ccc(OC3COC3)cn2)c2ccccc2)cc1. The summed E-state index contributed by atoms with van der Waals surface area (Å²) >= 11 is 0. The molecule has 0 saturated carbocycles. The molecular formula is C25H24N4O3. The minimum Gasteiger partial charge on any atom is -0.484 e. The number of hydrogen-bond donors (Lipinski definition) is 2. The summed E-state index contributed by atoms with van der Waals surface area (Å²) in [5.41, 5.74) is 2.60. The summed E-state index contributed by atoms with van der Waals surface area (Å²) in [5.74, 6) is 0.920. The minimum atomic E-state index is -0.528. The Morgan fingerprint density at radius 3 is 2.53 bits per heavy atom. The number of carbonyl (C=O) groups excluding carboxylic acids is 1. The third kappa shape index (κ3) is 5.70. The third-order valence-electron chi connectivity index (χ3n) is 5.14. The van der Waals surface area contributed by atoms with Gasteiger partial charge in [0.15, 0.2) is 0 Å². The van der Waals surface area contributed by atoms with Gasteiger partial charge in [0.05, 0.1) is 31.0 Å². The number of pyridine rings is 1. The first-order valence-corrected chi connectivity index (χ1v) is 10.5. The van der Waals surface area contributed by atoms with Gasteiger partial charge in [0.1, 0.15) is 23.7 Å². The topological polar surface area (TPSA) is 96.3 Å². The number of aromatic nitrogens is 1. The maximum absolute atomic E-state index is 13.1. The zero-order valence-electron chi connectivity index (χ0n) is 17.5. The number of anilines is 1. The second kappa shape index (κ2) is 10.5. The maximum Gasteiger partial charge on any atom is 0.247 e. The average Bonchev–Trinajstić information content (AvgIpc) is 2.81. The number of benzene rings is 2. The van der Waals surface area contributed by atoms with E-state index in [0.29, 0.717) is 36.9 Å². The molecule has 2 N–H and O–H groups in total. The van der Waals surface area contributed by atoms with Gasteiger partial charge in [-0.25, -0.2) is 4.98 Å². The molecule has 1 aliphatic rings. The van der Waals surface area contributed by atoms with Crippen molar-refractivity contribution in [2.75, 3.05) is 25.1 Å². The Morgan fingerprint density at radius 1 is 1.12 bits per heavy atom. The molecule has 162 valence electrons. The molecule has 0 bridgehead atoms. The smallest absolute Gasteiger partial charge is 0.247 e. The lowest BCUT2D eigenvalue weighted by Gasteiger charge is -2.26. The van der Waals surface area contributed by atoms with Crippen molar-refractivity contribution < 1.29 is 14.3 Å². The molecule has 0 unspecified atom stereocenters. The van der Waals surface area contributed by atoms with Crippen LogP contribution >= 0.6 is 0 Å². The van der Waals surface area contributed by atoms with E-state index in [1.807, 2.05) is 42.5 Å². The predicted octanol–water partition coefficient (Wildman–Crippen LogP) is 3.24. The van der Waals surface area contributed by atoms with Crippen molar-refractivity contribution in [3.05, 3.63) is 89.6 Å². The highest BCUT2D eigenvalue weighted by atomic mass is 16.6. The van der Waals surface area contributed by atoms with E-state index in [9.17, 15) is 4.79 Å². The molecule has 0 spiro atoms. The van der Waals surface area contributed by atoms with Crippen molar-refractivity contribution in [2.45, 2.75) is 18.6 Å². The van der Waals surface area contributed by atoms with Crippen LogP contribution in [0.1, 0.15) is 22.7 Å². The van der Waals surface area contributed by atoms with Gasteiger partial charge in [-0.05, 0) is 41.8 Å². The molecule has 0 radical (unpaired) electrons. The summed E-state index contributed by atoms with van der Waals surface area (Å²) in [6, 6.07) is 22.1. The lowest BCUT2D eigenvalue weighted by Crippen LogP contribution is -2.38. The Kier molecular flexibility index (Phi) is 7.08. The van der Waals surface area contributed by atoms with Crippen molar-refractivity contribution in [2.24, 2.45) is 0 Å². The average molecular weight is 428 g/mol. The van der Waals surface area contributed by atoms with Crippen LogP contribution in [0.5, 0.6) is 5.75 Å². The van der Waals surface area contributed by atoms with Crippen molar-refractivity contribution in [1.29, 1.82) is 5.26 Å². The van der Waals surface area contributed by atoms with Gasteiger partial charge in [-0.1, -0.05) is 42.5 Å². The largest absolute Gasteiger partial charge is 0.484 e. The van der Waals surface area contributed by atoms with E-state index in [2.05, 4.69) is 21.7 Å². The Bertz CT molecular complexity index is 1060. The summed E-state index contributed by atoms with van der Waals surface area (Å²) in [6.07, 6.45) is 2.40. The molecule has 1 aliphatic heterocycles. The monoisotopic (exact) mass is 428 g/mol. The number of rotatable bonds is 9. The molecule has 0 aliphatic carbocycles. The van der Waals surface area contributed by atoms with Crippen LogP contribution in [0.25, 0.3) is 0 Å². The summed E-state index contributed by atoms with van der Waals surface area (Å²) in [7, 11) is 0. The van der Waals surface area contributed by atoms with Gasteiger partial charge in [-0.2, -0.15) is 5.26 Å². The number of nitriles is 1. The molecule has 7 nitrogen and oxygen atoms in total. The number of carbonyl (C=O) groups is 1. The molecule has 1 fully saturated rings. The van der Waals surface area contributed by atoms with Crippen LogP contribution < -0.4 is 15.4 Å². The fourth-order valence-electron chi connectivity index (χ4n) is 3.31. The van der Waals surface area contributed by atoms with Crippen molar-refractivity contribution in [1.82, 2.24) is 10.3 Å². The highest BCUT2D eigenvalue weighted by Crippen LogP contribution is 2.19. The highest BCUT2D eigenvalue weighted by molar-refractivity contribution is 5.94. The van der Waals surface area contributed by atoms with Crippen LogP contribution in [-0.2, 0) is 16.0 Å². The number of hydrogen-bond acceptors (Lipinski definition) is 6. The van der Waals surface area contributed by atoms with Crippen LogP contribution in [0.4, 0.5) is 5.82 Å². The third-order valence-corrected chi connectivity index (χ3v) is 5.14. The van der Waals surface area contributed by atoms with Crippen LogP contribution in [0.2, 0.25) is 0 Å². The number of nitrogens with one attached hydrogen (secondary N) is 2. The van der Waals surface area contributed by atoms with E-state index >= 15 is 0 Å². The first-order chi connectivity index (χ1) is 15.7. The van der Waals surface area contributed by atoms with E-state index in [-0.39, 0.29) is 12.0 Å². The van der Waals surface area contributed by atoms with Gasteiger partial charge < -0.3 is 20.1 Å².